The van der Waals surface area contributed by atoms with E-state index >= 15 is 0 Å². The van der Waals surface area contributed by atoms with Crippen molar-refractivity contribution in [3.8, 4) is 11.3 Å². The molecule has 106 valence electrons. The molecule has 0 spiro atoms. The van der Waals surface area contributed by atoms with Gasteiger partial charge in [0.05, 0.1) is 18.5 Å². The van der Waals surface area contributed by atoms with Gasteiger partial charge in [-0.1, -0.05) is 12.1 Å². The minimum Gasteiger partial charge on any atom is -0.467 e. The first-order valence-corrected chi connectivity index (χ1v) is 6.59. The van der Waals surface area contributed by atoms with Crippen molar-refractivity contribution in [2.75, 3.05) is 5.32 Å². The monoisotopic (exact) mass is 283 g/mol. The molecule has 5 heteroatoms. The molecule has 0 bridgehead atoms. The molecule has 21 heavy (non-hydrogen) atoms. The lowest BCUT2D eigenvalue weighted by molar-refractivity contribution is 0.517. The summed E-state index contributed by atoms with van der Waals surface area (Å²) >= 11 is 0. The molecule has 0 saturated heterocycles. The maximum atomic E-state index is 13.9. The lowest BCUT2D eigenvalue weighted by Gasteiger charge is -2.08. The zero-order chi connectivity index (χ0) is 14.7. The molecule has 0 atom stereocenters. The first-order valence-electron chi connectivity index (χ1n) is 6.59. The van der Waals surface area contributed by atoms with Crippen molar-refractivity contribution >= 4 is 5.82 Å². The van der Waals surface area contributed by atoms with Crippen molar-refractivity contribution in [3.05, 3.63) is 66.1 Å². The molecule has 1 aromatic carbocycles. The molecule has 0 fully saturated rings. The maximum absolute atomic E-state index is 13.9. The average molecular weight is 283 g/mol. The Morgan fingerprint density at radius 2 is 2.00 bits per heavy atom. The van der Waals surface area contributed by atoms with Gasteiger partial charge in [-0.2, -0.15) is 0 Å². The van der Waals surface area contributed by atoms with E-state index in [4.69, 9.17) is 4.42 Å². The maximum Gasteiger partial charge on any atom is 0.132 e. The van der Waals surface area contributed by atoms with E-state index < -0.39 is 0 Å². The van der Waals surface area contributed by atoms with Crippen molar-refractivity contribution < 1.29 is 8.81 Å². The van der Waals surface area contributed by atoms with Crippen molar-refractivity contribution in [2.24, 2.45) is 0 Å². The van der Waals surface area contributed by atoms with E-state index in [1.165, 1.54) is 6.07 Å². The number of halogens is 1. The molecule has 4 nitrogen and oxygen atoms in total. The number of rotatable bonds is 4. The highest BCUT2D eigenvalue weighted by Gasteiger charge is 2.08. The van der Waals surface area contributed by atoms with Crippen molar-refractivity contribution in [2.45, 2.75) is 13.5 Å². The molecule has 2 aromatic heterocycles. The molecule has 3 aromatic rings. The molecular formula is C16H14FN3O. The van der Waals surface area contributed by atoms with Gasteiger partial charge in [0.15, 0.2) is 0 Å². The quantitative estimate of drug-likeness (QED) is 0.791. The van der Waals surface area contributed by atoms with Crippen LogP contribution in [0.3, 0.4) is 0 Å². The highest BCUT2D eigenvalue weighted by molar-refractivity contribution is 5.63. The van der Waals surface area contributed by atoms with Gasteiger partial charge in [-0.25, -0.2) is 14.4 Å². The molecule has 0 unspecified atom stereocenters. The van der Waals surface area contributed by atoms with E-state index in [0.29, 0.717) is 29.4 Å². The van der Waals surface area contributed by atoms with Gasteiger partial charge in [0.25, 0.3) is 0 Å². The van der Waals surface area contributed by atoms with Gasteiger partial charge < -0.3 is 9.73 Å². The largest absolute Gasteiger partial charge is 0.467 e. The van der Waals surface area contributed by atoms with Crippen LogP contribution in [0.5, 0.6) is 0 Å². The van der Waals surface area contributed by atoms with Crippen LogP contribution in [-0.4, -0.2) is 9.97 Å². The van der Waals surface area contributed by atoms with Crippen LogP contribution >= 0.6 is 0 Å². The van der Waals surface area contributed by atoms with Crippen LogP contribution in [0.25, 0.3) is 11.3 Å². The Morgan fingerprint density at radius 3 is 2.76 bits per heavy atom. The van der Waals surface area contributed by atoms with Crippen LogP contribution in [0, 0.1) is 12.7 Å². The van der Waals surface area contributed by atoms with Crippen molar-refractivity contribution in [1.29, 1.82) is 0 Å². The third kappa shape index (κ3) is 3.08. The summed E-state index contributed by atoms with van der Waals surface area (Å²) < 4.78 is 19.1. The summed E-state index contributed by atoms with van der Waals surface area (Å²) in [7, 11) is 0. The molecule has 0 aliphatic carbocycles. The van der Waals surface area contributed by atoms with E-state index in [1.807, 2.05) is 12.1 Å². The smallest absolute Gasteiger partial charge is 0.132 e. The van der Waals surface area contributed by atoms with Gasteiger partial charge in [-0.3, -0.25) is 0 Å². The Morgan fingerprint density at radius 1 is 1.14 bits per heavy atom. The molecule has 0 aliphatic rings. The summed E-state index contributed by atoms with van der Waals surface area (Å²) in [5, 5.41) is 3.15. The standard InChI is InChI=1S/C16H14FN3O/c1-11-19-15(13-6-2-3-7-14(13)17)9-16(20-11)18-10-12-5-4-8-21-12/h2-9H,10H2,1H3,(H,18,19,20). The van der Waals surface area contributed by atoms with E-state index in [9.17, 15) is 4.39 Å². The van der Waals surface area contributed by atoms with Gasteiger partial charge in [-0.05, 0) is 31.2 Å². The molecule has 0 amide bonds. The SMILES string of the molecule is Cc1nc(NCc2ccco2)cc(-c2ccccc2F)n1. The summed E-state index contributed by atoms with van der Waals surface area (Å²) in [6, 6.07) is 12.0. The minimum atomic E-state index is -0.299. The fourth-order valence-corrected chi connectivity index (χ4v) is 2.06. The second-order valence-corrected chi connectivity index (χ2v) is 4.60. The molecule has 0 aliphatic heterocycles. The number of furan rings is 1. The first kappa shape index (κ1) is 13.3. The lowest BCUT2D eigenvalue weighted by Crippen LogP contribution is -2.03. The Bertz CT molecular complexity index is 741. The van der Waals surface area contributed by atoms with Crippen LogP contribution in [-0.2, 0) is 6.54 Å². The van der Waals surface area contributed by atoms with Crippen LogP contribution in [0.15, 0.2) is 53.1 Å². The Balaban J connectivity index is 1.88. The van der Waals surface area contributed by atoms with Gasteiger partial charge >= 0.3 is 0 Å². The Kier molecular flexibility index (Phi) is 3.64. The van der Waals surface area contributed by atoms with Crippen LogP contribution in [0.1, 0.15) is 11.6 Å². The van der Waals surface area contributed by atoms with Gasteiger partial charge in [0.2, 0.25) is 0 Å². The number of hydrogen-bond acceptors (Lipinski definition) is 4. The highest BCUT2D eigenvalue weighted by atomic mass is 19.1. The van der Waals surface area contributed by atoms with Crippen molar-refractivity contribution in [3.63, 3.8) is 0 Å². The number of nitrogens with one attached hydrogen (secondary N) is 1. The summed E-state index contributed by atoms with van der Waals surface area (Å²) in [5.41, 5.74) is 1.02. The first-order chi connectivity index (χ1) is 10.2. The predicted molar refractivity (Wildman–Crippen MR) is 78.2 cm³/mol. The number of aromatic nitrogens is 2. The number of anilines is 1. The fourth-order valence-electron chi connectivity index (χ4n) is 2.06. The summed E-state index contributed by atoms with van der Waals surface area (Å²) in [6.07, 6.45) is 1.62. The summed E-state index contributed by atoms with van der Waals surface area (Å²) in [4.78, 5) is 8.60. The van der Waals surface area contributed by atoms with E-state index in [-0.39, 0.29) is 5.82 Å². The van der Waals surface area contributed by atoms with Crippen LogP contribution in [0.4, 0.5) is 10.2 Å². The lowest BCUT2D eigenvalue weighted by atomic mass is 10.1. The van der Waals surface area contributed by atoms with Gasteiger partial charge in [-0.15, -0.1) is 0 Å². The van der Waals surface area contributed by atoms with Crippen molar-refractivity contribution in [1.82, 2.24) is 9.97 Å². The molecule has 0 saturated carbocycles. The van der Waals surface area contributed by atoms with E-state index in [2.05, 4.69) is 15.3 Å². The number of hydrogen-bond donors (Lipinski definition) is 1. The normalized spacial score (nSPS) is 10.6. The Hall–Kier alpha value is -2.69. The summed E-state index contributed by atoms with van der Waals surface area (Å²) in [6.45, 7) is 2.29. The molecule has 3 rings (SSSR count). The number of aryl methyl sites for hydroxylation is 1. The third-order valence-corrected chi connectivity index (χ3v) is 3.01. The number of nitrogens with zero attached hydrogens (tertiary/aromatic N) is 2. The molecule has 2 heterocycles. The molecule has 1 N–H and O–H groups in total. The van der Waals surface area contributed by atoms with Gasteiger partial charge in [0, 0.05) is 11.6 Å². The second kappa shape index (κ2) is 5.75. The average Bonchev–Trinajstić information content (AvgIpc) is 2.98. The summed E-state index contributed by atoms with van der Waals surface area (Å²) in [5.74, 6) is 1.72. The Labute approximate surface area is 121 Å². The number of benzene rings is 1. The second-order valence-electron chi connectivity index (χ2n) is 4.60. The van der Waals surface area contributed by atoms with Crippen LogP contribution in [0.2, 0.25) is 0 Å². The minimum absolute atomic E-state index is 0.299. The predicted octanol–water partition coefficient (Wildman–Crippen LogP) is 3.80. The highest BCUT2D eigenvalue weighted by Crippen LogP contribution is 2.22. The van der Waals surface area contributed by atoms with Crippen LogP contribution < -0.4 is 5.32 Å². The molecular weight excluding hydrogens is 269 g/mol. The zero-order valence-corrected chi connectivity index (χ0v) is 11.5. The van der Waals surface area contributed by atoms with E-state index in [0.717, 1.165) is 5.76 Å². The molecule has 0 radical (unpaired) electrons. The van der Waals surface area contributed by atoms with E-state index in [1.54, 1.807) is 37.5 Å². The third-order valence-electron chi connectivity index (χ3n) is 3.01. The zero-order valence-electron chi connectivity index (χ0n) is 11.5. The fraction of sp³-hybridized carbons (Fsp3) is 0.125. The van der Waals surface area contributed by atoms with Gasteiger partial charge in [0.1, 0.15) is 23.2 Å². The topological polar surface area (TPSA) is 51.0 Å².